The van der Waals surface area contributed by atoms with Gasteiger partial charge in [-0.3, -0.25) is 4.79 Å². The molecule has 7 heteroatoms. The van der Waals surface area contributed by atoms with Crippen LogP contribution in [0.2, 0.25) is 0 Å². The quantitative estimate of drug-likeness (QED) is 0.657. The number of nitriles is 1. The monoisotopic (exact) mass is 288 g/mol. The van der Waals surface area contributed by atoms with Gasteiger partial charge in [-0.2, -0.15) is 5.26 Å². The summed E-state index contributed by atoms with van der Waals surface area (Å²) in [4.78, 5) is 33.8. The van der Waals surface area contributed by atoms with Gasteiger partial charge in [0, 0.05) is 6.42 Å². The van der Waals surface area contributed by atoms with Crippen LogP contribution in [0.15, 0.2) is 24.3 Å². The van der Waals surface area contributed by atoms with Crippen LogP contribution in [-0.4, -0.2) is 24.1 Å². The van der Waals surface area contributed by atoms with Crippen LogP contribution >= 0.6 is 0 Å². The van der Waals surface area contributed by atoms with E-state index in [1.807, 2.05) is 6.07 Å². The molecule has 0 unspecified atom stereocenters. The van der Waals surface area contributed by atoms with Crippen LogP contribution in [-0.2, 0) is 25.7 Å². The van der Waals surface area contributed by atoms with E-state index in [-0.39, 0.29) is 19.4 Å². The summed E-state index contributed by atoms with van der Waals surface area (Å²) in [5, 5.41) is 11.1. The Hall–Kier alpha value is -2.88. The molecule has 0 saturated carbocycles. The van der Waals surface area contributed by atoms with Gasteiger partial charge in [0.2, 0.25) is 0 Å². The normalized spacial score (nSPS) is 17.6. The maximum atomic E-state index is 11.6. The lowest BCUT2D eigenvalue weighted by atomic mass is 10.1. The Labute approximate surface area is 120 Å². The maximum absolute atomic E-state index is 11.6. The Morgan fingerprint density at radius 2 is 2.29 bits per heavy atom. The van der Waals surface area contributed by atoms with Gasteiger partial charge >= 0.3 is 18.0 Å². The predicted molar refractivity (Wildman–Crippen MR) is 68.6 cm³/mol. The molecule has 0 aliphatic carbocycles. The Balaban J connectivity index is 1.83. The topological polar surface area (TPSA) is 105 Å². The lowest BCUT2D eigenvalue weighted by Gasteiger charge is -2.20. The summed E-state index contributed by atoms with van der Waals surface area (Å²) in [7, 11) is 0. The molecule has 1 aliphatic heterocycles. The molecule has 1 atom stereocenters. The number of carbonyl (C=O) groups excluding carboxylic acids is 3. The van der Waals surface area contributed by atoms with Crippen molar-refractivity contribution in [3.63, 3.8) is 0 Å². The number of amides is 1. The molecule has 7 nitrogen and oxygen atoms in total. The van der Waals surface area contributed by atoms with Gasteiger partial charge in [0.25, 0.3) is 0 Å². The molecule has 2 rings (SSSR count). The van der Waals surface area contributed by atoms with Crippen molar-refractivity contribution in [1.29, 1.82) is 5.26 Å². The van der Waals surface area contributed by atoms with Gasteiger partial charge in [0.15, 0.2) is 0 Å². The summed E-state index contributed by atoms with van der Waals surface area (Å²) < 4.78 is 9.36. The molecule has 21 heavy (non-hydrogen) atoms. The smallest absolute Gasteiger partial charge is 0.408 e. The number of ether oxygens (including phenoxy) is 2. The fourth-order valence-corrected chi connectivity index (χ4v) is 1.81. The van der Waals surface area contributed by atoms with E-state index in [9.17, 15) is 14.4 Å². The Morgan fingerprint density at radius 1 is 1.48 bits per heavy atom. The molecule has 1 aliphatic rings. The summed E-state index contributed by atoms with van der Waals surface area (Å²) in [6, 6.07) is 7.73. The van der Waals surface area contributed by atoms with Crippen LogP contribution in [0.4, 0.5) is 4.79 Å². The fraction of sp³-hybridized carbons (Fsp3) is 0.286. The molecule has 0 aromatic heterocycles. The molecule has 0 radical (unpaired) electrons. The van der Waals surface area contributed by atoms with Gasteiger partial charge in [-0.1, -0.05) is 12.1 Å². The summed E-state index contributed by atoms with van der Waals surface area (Å²) >= 11 is 0. The summed E-state index contributed by atoms with van der Waals surface area (Å²) in [5.41, 5.74) is 1.12. The number of cyclic esters (lactones) is 2. The van der Waals surface area contributed by atoms with Crippen molar-refractivity contribution in [2.24, 2.45) is 0 Å². The van der Waals surface area contributed by atoms with E-state index in [1.54, 1.807) is 24.3 Å². The predicted octanol–water partition coefficient (Wildman–Crippen LogP) is 1.02. The van der Waals surface area contributed by atoms with E-state index in [0.29, 0.717) is 11.1 Å². The Bertz CT molecular complexity index is 620. The fourth-order valence-electron chi connectivity index (χ4n) is 1.81. The van der Waals surface area contributed by atoms with Gasteiger partial charge in [-0.15, -0.1) is 0 Å². The lowest BCUT2D eigenvalue weighted by molar-refractivity contribution is -0.165. The van der Waals surface area contributed by atoms with Gasteiger partial charge in [-0.25, -0.2) is 9.59 Å². The number of carbonyl (C=O) groups is 3. The highest BCUT2D eigenvalue weighted by atomic mass is 16.6. The third kappa shape index (κ3) is 4.04. The van der Waals surface area contributed by atoms with E-state index in [1.165, 1.54) is 0 Å². The third-order valence-corrected chi connectivity index (χ3v) is 2.85. The second-order valence-electron chi connectivity index (χ2n) is 4.42. The highest BCUT2D eigenvalue weighted by Crippen LogP contribution is 2.10. The first-order valence-corrected chi connectivity index (χ1v) is 6.25. The minimum absolute atomic E-state index is 0.0257. The van der Waals surface area contributed by atoms with Gasteiger partial charge in [0.05, 0.1) is 11.6 Å². The van der Waals surface area contributed by atoms with Gasteiger partial charge in [0.1, 0.15) is 12.6 Å². The number of hydrogen-bond acceptors (Lipinski definition) is 6. The molecule has 1 heterocycles. The largest absolute Gasteiger partial charge is 0.445 e. The molecular weight excluding hydrogens is 276 g/mol. The van der Waals surface area contributed by atoms with E-state index < -0.39 is 24.1 Å². The summed E-state index contributed by atoms with van der Waals surface area (Å²) in [6.07, 6.45) is -0.522. The highest BCUT2D eigenvalue weighted by Gasteiger charge is 2.30. The second kappa shape index (κ2) is 6.52. The number of hydrogen-bond donors (Lipinski definition) is 1. The number of rotatable bonds is 3. The first-order chi connectivity index (χ1) is 10.1. The molecule has 1 aromatic rings. The van der Waals surface area contributed by atoms with Crippen molar-refractivity contribution in [1.82, 2.24) is 5.32 Å². The maximum Gasteiger partial charge on any atom is 0.408 e. The van der Waals surface area contributed by atoms with Crippen molar-refractivity contribution in [2.45, 2.75) is 25.5 Å². The van der Waals surface area contributed by atoms with Gasteiger partial charge in [-0.05, 0) is 24.1 Å². The molecule has 1 aromatic carbocycles. The standard InChI is InChI=1S/C14H12N2O5/c15-7-9-2-1-3-10(6-9)8-20-14(19)16-11-4-5-12(17)21-13(11)18/h1-3,6,11H,4-5,8H2,(H,16,19)/t11-/m0/s1. The SMILES string of the molecule is N#Cc1cccc(COC(=O)N[C@H]2CCC(=O)OC2=O)c1. The van der Waals surface area contributed by atoms with Crippen LogP contribution in [0.5, 0.6) is 0 Å². The second-order valence-corrected chi connectivity index (χ2v) is 4.42. The van der Waals surface area contributed by atoms with Crippen molar-refractivity contribution in [3.05, 3.63) is 35.4 Å². The van der Waals surface area contributed by atoms with Gasteiger partial charge < -0.3 is 14.8 Å². The molecule has 1 amide bonds. The molecule has 1 N–H and O–H groups in total. The third-order valence-electron chi connectivity index (χ3n) is 2.85. The molecule has 0 spiro atoms. The zero-order chi connectivity index (χ0) is 15.2. The van der Waals surface area contributed by atoms with Crippen LogP contribution in [0.3, 0.4) is 0 Å². The van der Waals surface area contributed by atoms with Crippen molar-refractivity contribution >= 4 is 18.0 Å². The molecule has 108 valence electrons. The van der Waals surface area contributed by atoms with Crippen molar-refractivity contribution in [2.75, 3.05) is 0 Å². The summed E-state index contributed by atoms with van der Waals surface area (Å²) in [6.45, 7) is -0.0257. The summed E-state index contributed by atoms with van der Waals surface area (Å²) in [5.74, 6) is -1.38. The lowest BCUT2D eigenvalue weighted by Crippen LogP contribution is -2.45. The highest BCUT2D eigenvalue weighted by molar-refractivity contribution is 5.92. The number of benzene rings is 1. The zero-order valence-corrected chi connectivity index (χ0v) is 11.0. The average Bonchev–Trinajstić information content (AvgIpc) is 2.48. The van der Waals surface area contributed by atoms with E-state index in [4.69, 9.17) is 10.00 Å². The Kier molecular flexibility index (Phi) is 4.51. The van der Waals surface area contributed by atoms with E-state index >= 15 is 0 Å². The molecule has 1 saturated heterocycles. The van der Waals surface area contributed by atoms with Crippen LogP contribution in [0.1, 0.15) is 24.0 Å². The zero-order valence-electron chi connectivity index (χ0n) is 11.0. The van der Waals surface area contributed by atoms with E-state index in [2.05, 4.69) is 10.1 Å². The van der Waals surface area contributed by atoms with Crippen LogP contribution in [0, 0.1) is 11.3 Å². The van der Waals surface area contributed by atoms with Crippen LogP contribution < -0.4 is 5.32 Å². The average molecular weight is 288 g/mol. The molecule has 0 bridgehead atoms. The first kappa shape index (κ1) is 14.5. The van der Waals surface area contributed by atoms with Crippen molar-refractivity contribution < 1.29 is 23.9 Å². The molecular formula is C14H12N2O5. The first-order valence-electron chi connectivity index (χ1n) is 6.25. The van der Waals surface area contributed by atoms with Crippen LogP contribution in [0.25, 0.3) is 0 Å². The number of nitrogens with one attached hydrogen (secondary N) is 1. The molecule has 1 fully saturated rings. The Morgan fingerprint density at radius 3 is 3.00 bits per heavy atom. The number of esters is 2. The minimum atomic E-state index is -0.874. The number of alkyl carbamates (subject to hydrolysis) is 1. The number of nitrogens with zero attached hydrogens (tertiary/aromatic N) is 1. The minimum Gasteiger partial charge on any atom is -0.445 e. The van der Waals surface area contributed by atoms with Crippen molar-refractivity contribution in [3.8, 4) is 6.07 Å². The van der Waals surface area contributed by atoms with E-state index in [0.717, 1.165) is 0 Å².